The number of amides is 5. The second-order valence-corrected chi connectivity index (χ2v) is 5.29. The Labute approximate surface area is 134 Å². The first-order valence-electron chi connectivity index (χ1n) is 6.94. The van der Waals surface area contributed by atoms with Crippen molar-refractivity contribution in [1.29, 1.82) is 0 Å². The fourth-order valence-electron chi connectivity index (χ4n) is 2.33. The fourth-order valence-corrected chi connectivity index (χ4v) is 2.33. The first-order chi connectivity index (χ1) is 10.3. The van der Waals surface area contributed by atoms with Gasteiger partial charge in [0.1, 0.15) is 6.04 Å². The van der Waals surface area contributed by atoms with Crippen molar-refractivity contribution in [2.75, 3.05) is 13.1 Å². The largest absolute Gasteiger partial charge is 0.344 e. The van der Waals surface area contributed by atoms with Crippen LogP contribution in [0, 0.1) is 5.92 Å². The third-order valence-electron chi connectivity index (χ3n) is 3.43. The van der Waals surface area contributed by atoms with E-state index in [1.54, 1.807) is 0 Å². The minimum atomic E-state index is -0.654. The molecule has 9 N–H and O–H groups in total. The van der Waals surface area contributed by atoms with Crippen molar-refractivity contribution >= 4 is 23.8 Å². The zero-order valence-corrected chi connectivity index (χ0v) is 13.4. The monoisotopic (exact) mass is 331 g/mol. The van der Waals surface area contributed by atoms with Crippen LogP contribution in [-0.2, 0) is 14.4 Å². The van der Waals surface area contributed by atoms with Crippen LogP contribution >= 0.6 is 0 Å². The van der Waals surface area contributed by atoms with E-state index in [9.17, 15) is 19.2 Å². The molecule has 0 saturated carbocycles. The Morgan fingerprint density at radius 2 is 1.57 bits per heavy atom. The average Bonchev–Trinajstić information content (AvgIpc) is 2.72. The molecule has 1 heterocycles. The van der Waals surface area contributed by atoms with Crippen molar-refractivity contribution in [3.63, 3.8) is 0 Å². The molecule has 1 atom stereocenters. The lowest BCUT2D eigenvalue weighted by Gasteiger charge is -2.23. The van der Waals surface area contributed by atoms with Gasteiger partial charge in [0.2, 0.25) is 11.8 Å². The molecule has 0 aliphatic carbocycles. The summed E-state index contributed by atoms with van der Waals surface area (Å²) in [6.45, 7) is 3.64. The second kappa shape index (κ2) is 9.02. The highest BCUT2D eigenvalue weighted by molar-refractivity contribution is 6.04. The highest BCUT2D eigenvalue weighted by atomic mass is 16.2. The molecule has 1 aliphatic rings. The standard InChI is InChI=1S/C12H22N6O4.H3N/c1-7(2)10-11(21)18(6-4-9(20)16-14)12(22)17(10)5-3-8(19)15-13;/h7,10H,3-6,13-14H2,1-2H3,(H,15,19)(H,16,20);1H3. The lowest BCUT2D eigenvalue weighted by atomic mass is 10.0. The van der Waals surface area contributed by atoms with E-state index in [1.165, 1.54) is 4.90 Å². The molecule has 132 valence electrons. The second-order valence-electron chi connectivity index (χ2n) is 5.29. The average molecular weight is 331 g/mol. The lowest BCUT2D eigenvalue weighted by molar-refractivity contribution is -0.130. The van der Waals surface area contributed by atoms with Crippen LogP contribution in [0.2, 0.25) is 0 Å². The number of hydrogen-bond donors (Lipinski definition) is 5. The van der Waals surface area contributed by atoms with Gasteiger partial charge in [0.05, 0.1) is 0 Å². The van der Waals surface area contributed by atoms with Crippen molar-refractivity contribution in [3.8, 4) is 0 Å². The molecule has 23 heavy (non-hydrogen) atoms. The molecule has 0 aromatic carbocycles. The summed E-state index contributed by atoms with van der Waals surface area (Å²) < 4.78 is 0. The van der Waals surface area contributed by atoms with Gasteiger partial charge in [0.15, 0.2) is 0 Å². The van der Waals surface area contributed by atoms with Gasteiger partial charge in [-0.25, -0.2) is 16.5 Å². The summed E-state index contributed by atoms with van der Waals surface area (Å²) in [6, 6.07) is -1.17. The van der Waals surface area contributed by atoms with E-state index in [1.807, 2.05) is 24.7 Å². The van der Waals surface area contributed by atoms with Gasteiger partial charge in [-0.2, -0.15) is 0 Å². The molecule has 0 aromatic heterocycles. The summed E-state index contributed by atoms with van der Waals surface area (Å²) in [7, 11) is 0. The lowest BCUT2D eigenvalue weighted by Crippen LogP contribution is -2.41. The summed E-state index contributed by atoms with van der Waals surface area (Å²) in [5.74, 6) is 8.58. The van der Waals surface area contributed by atoms with E-state index in [2.05, 4.69) is 0 Å². The molecule has 0 bridgehead atoms. The molecule has 1 unspecified atom stereocenters. The molecule has 11 nitrogen and oxygen atoms in total. The maximum atomic E-state index is 12.4. The van der Waals surface area contributed by atoms with E-state index < -0.39 is 23.9 Å². The summed E-state index contributed by atoms with van der Waals surface area (Å²) in [5, 5.41) is 0. The van der Waals surface area contributed by atoms with Crippen molar-refractivity contribution < 1.29 is 19.2 Å². The number of nitrogens with zero attached hydrogens (tertiary/aromatic N) is 2. The van der Waals surface area contributed by atoms with Crippen LogP contribution < -0.4 is 28.7 Å². The molecule has 11 heteroatoms. The summed E-state index contributed by atoms with van der Waals surface area (Å²) in [6.07, 6.45) is -0.0776. The molecule has 1 saturated heterocycles. The van der Waals surface area contributed by atoms with Gasteiger partial charge in [-0.05, 0) is 5.92 Å². The van der Waals surface area contributed by atoms with Crippen LogP contribution in [0.1, 0.15) is 26.7 Å². The third-order valence-corrected chi connectivity index (χ3v) is 3.43. The van der Waals surface area contributed by atoms with E-state index in [0.717, 1.165) is 4.90 Å². The predicted octanol–water partition coefficient (Wildman–Crippen LogP) is -1.80. The quantitative estimate of drug-likeness (QED) is 0.157. The van der Waals surface area contributed by atoms with E-state index in [-0.39, 0.29) is 43.9 Å². The topological polar surface area (TPSA) is 186 Å². The van der Waals surface area contributed by atoms with Gasteiger partial charge in [-0.15, -0.1) is 0 Å². The van der Waals surface area contributed by atoms with Crippen molar-refractivity contribution in [2.45, 2.75) is 32.7 Å². The normalized spacial score (nSPS) is 17.3. The fraction of sp³-hybridized carbons (Fsp3) is 0.667. The van der Waals surface area contributed by atoms with Gasteiger partial charge in [-0.1, -0.05) is 13.8 Å². The van der Waals surface area contributed by atoms with Crippen LogP contribution in [0.5, 0.6) is 0 Å². The Hall–Kier alpha value is -2.24. The number of hydrogen-bond acceptors (Lipinski definition) is 7. The van der Waals surface area contributed by atoms with Gasteiger partial charge in [-0.3, -0.25) is 30.1 Å². The van der Waals surface area contributed by atoms with Gasteiger partial charge >= 0.3 is 6.03 Å². The molecule has 1 aliphatic heterocycles. The molecule has 0 spiro atoms. The highest BCUT2D eigenvalue weighted by Crippen LogP contribution is 2.24. The Balaban J connectivity index is 0.00000484. The Morgan fingerprint density at radius 3 is 2.00 bits per heavy atom. The number of urea groups is 1. The Bertz CT molecular complexity index is 468. The number of rotatable bonds is 7. The van der Waals surface area contributed by atoms with Crippen LogP contribution in [0.25, 0.3) is 0 Å². The van der Waals surface area contributed by atoms with Crippen LogP contribution in [0.3, 0.4) is 0 Å². The number of carbonyl (C=O) groups is 4. The number of hydrazine groups is 2. The maximum absolute atomic E-state index is 12.4. The van der Waals surface area contributed by atoms with Crippen LogP contribution in [0.4, 0.5) is 4.79 Å². The first kappa shape index (κ1) is 20.8. The Kier molecular flexibility index (Phi) is 8.15. The van der Waals surface area contributed by atoms with Gasteiger partial charge in [0.25, 0.3) is 5.91 Å². The molecular formula is C12H25N7O4. The van der Waals surface area contributed by atoms with E-state index in [0.29, 0.717) is 0 Å². The van der Waals surface area contributed by atoms with Crippen molar-refractivity contribution in [2.24, 2.45) is 17.6 Å². The van der Waals surface area contributed by atoms with Gasteiger partial charge < -0.3 is 11.1 Å². The number of nitrogens with one attached hydrogen (secondary N) is 2. The third kappa shape index (κ3) is 4.87. The molecule has 0 radical (unpaired) electrons. The minimum Gasteiger partial charge on any atom is -0.344 e. The summed E-state index contributed by atoms with van der Waals surface area (Å²) in [4.78, 5) is 49.4. The number of carbonyl (C=O) groups excluding carboxylic acids is 4. The molecule has 1 fully saturated rings. The van der Waals surface area contributed by atoms with Crippen molar-refractivity contribution in [1.82, 2.24) is 26.8 Å². The molecule has 5 amide bonds. The minimum absolute atomic E-state index is 0. The SMILES string of the molecule is CC(C)C1C(=O)N(CCC(=O)NN)C(=O)N1CCC(=O)NN.N. The highest BCUT2D eigenvalue weighted by Gasteiger charge is 2.46. The maximum Gasteiger partial charge on any atom is 0.327 e. The summed E-state index contributed by atoms with van der Waals surface area (Å²) in [5.41, 5.74) is 3.92. The number of imide groups is 1. The predicted molar refractivity (Wildman–Crippen MR) is 81.4 cm³/mol. The van der Waals surface area contributed by atoms with Crippen LogP contribution in [-0.4, -0.2) is 52.7 Å². The molecule has 1 rings (SSSR count). The smallest absolute Gasteiger partial charge is 0.327 e. The zero-order chi connectivity index (χ0) is 16.9. The van der Waals surface area contributed by atoms with E-state index in [4.69, 9.17) is 11.7 Å². The first-order valence-corrected chi connectivity index (χ1v) is 6.94. The molecule has 0 aromatic rings. The summed E-state index contributed by atoms with van der Waals surface area (Å²) >= 11 is 0. The van der Waals surface area contributed by atoms with Gasteiger partial charge in [0, 0.05) is 25.9 Å². The zero-order valence-electron chi connectivity index (χ0n) is 13.4. The number of nitrogens with two attached hydrogens (primary N) is 2. The van der Waals surface area contributed by atoms with E-state index >= 15 is 0 Å². The van der Waals surface area contributed by atoms with Crippen LogP contribution in [0.15, 0.2) is 0 Å². The Morgan fingerprint density at radius 1 is 1.09 bits per heavy atom. The molecular weight excluding hydrogens is 306 g/mol. The van der Waals surface area contributed by atoms with Crippen molar-refractivity contribution in [3.05, 3.63) is 0 Å².